The summed E-state index contributed by atoms with van der Waals surface area (Å²) in [6, 6.07) is 5.67. The summed E-state index contributed by atoms with van der Waals surface area (Å²) in [6.07, 6.45) is 0.738. The number of methoxy groups -OCH3 is 1. The molecule has 0 aliphatic rings. The molecule has 108 valence electrons. The second kappa shape index (κ2) is 6.84. The minimum atomic E-state index is -1.07. The van der Waals surface area contributed by atoms with Crippen LogP contribution in [0.1, 0.15) is 33.3 Å². The minimum Gasteiger partial charge on any atom is -0.598 e. The van der Waals surface area contributed by atoms with Gasteiger partial charge in [0.25, 0.3) is 0 Å². The van der Waals surface area contributed by atoms with Crippen molar-refractivity contribution in [1.82, 2.24) is 4.72 Å². The Hall–Kier alpha value is -0.420. The monoisotopic (exact) mass is 303 g/mol. The summed E-state index contributed by atoms with van der Waals surface area (Å²) >= 11 is 4.86. The van der Waals surface area contributed by atoms with E-state index in [-0.39, 0.29) is 10.8 Å². The van der Waals surface area contributed by atoms with Gasteiger partial charge in [-0.1, -0.05) is 17.7 Å². The highest BCUT2D eigenvalue weighted by molar-refractivity contribution is 7.90. The first kappa shape index (κ1) is 16.6. The molecule has 2 unspecified atom stereocenters. The number of benzene rings is 1. The summed E-state index contributed by atoms with van der Waals surface area (Å²) in [5.74, 6) is 0.766. The Bertz CT molecular complexity index is 420. The van der Waals surface area contributed by atoms with E-state index < -0.39 is 11.4 Å². The lowest BCUT2D eigenvalue weighted by atomic mass is 10.1. The summed E-state index contributed by atoms with van der Waals surface area (Å²) < 4.78 is 20.2. The number of hydrogen-bond donors (Lipinski definition) is 1. The van der Waals surface area contributed by atoms with Gasteiger partial charge in [-0.3, -0.25) is 0 Å². The molecular formula is C14H22ClNO2S. The second-order valence-corrected chi connectivity index (χ2v) is 7.99. The molecule has 0 bridgehead atoms. The number of halogens is 1. The third kappa shape index (κ3) is 5.22. The molecular weight excluding hydrogens is 282 g/mol. The SMILES string of the molecule is COc1cc(Cl)ccc1CC(C)N[S+]([O-])C(C)(C)C. The van der Waals surface area contributed by atoms with Crippen LogP contribution in [0.4, 0.5) is 0 Å². The molecule has 1 rings (SSSR count). The molecule has 0 saturated heterocycles. The van der Waals surface area contributed by atoms with Crippen molar-refractivity contribution >= 4 is 23.0 Å². The zero-order valence-electron chi connectivity index (χ0n) is 12.1. The summed E-state index contributed by atoms with van der Waals surface area (Å²) in [5.41, 5.74) is 1.05. The van der Waals surface area contributed by atoms with E-state index >= 15 is 0 Å². The summed E-state index contributed by atoms with van der Waals surface area (Å²) in [7, 11) is 1.63. The van der Waals surface area contributed by atoms with Crippen LogP contribution in [0.3, 0.4) is 0 Å². The highest BCUT2D eigenvalue weighted by Crippen LogP contribution is 2.24. The molecule has 0 spiro atoms. The number of rotatable bonds is 5. The van der Waals surface area contributed by atoms with E-state index in [2.05, 4.69) is 4.72 Å². The van der Waals surface area contributed by atoms with Crippen LogP contribution in [0.15, 0.2) is 18.2 Å². The van der Waals surface area contributed by atoms with Crippen molar-refractivity contribution in [2.24, 2.45) is 0 Å². The molecule has 0 aliphatic carbocycles. The summed E-state index contributed by atoms with van der Waals surface area (Å²) in [4.78, 5) is 0. The van der Waals surface area contributed by atoms with Gasteiger partial charge in [-0.05, 0) is 51.8 Å². The third-order valence-electron chi connectivity index (χ3n) is 2.64. The molecule has 0 fully saturated rings. The van der Waals surface area contributed by atoms with Crippen LogP contribution in [0.5, 0.6) is 5.75 Å². The predicted molar refractivity (Wildman–Crippen MR) is 82.2 cm³/mol. The fourth-order valence-electron chi connectivity index (χ4n) is 1.62. The van der Waals surface area contributed by atoms with Crippen LogP contribution in [0.2, 0.25) is 5.02 Å². The first-order valence-electron chi connectivity index (χ1n) is 6.24. The maximum Gasteiger partial charge on any atom is 0.136 e. The van der Waals surface area contributed by atoms with E-state index in [1.54, 1.807) is 13.2 Å². The second-order valence-electron chi connectivity index (χ2n) is 5.56. The zero-order valence-corrected chi connectivity index (χ0v) is 13.7. The molecule has 1 N–H and O–H groups in total. The first-order valence-corrected chi connectivity index (χ1v) is 7.77. The number of hydrogen-bond acceptors (Lipinski definition) is 3. The Morgan fingerprint density at radius 1 is 1.42 bits per heavy atom. The Morgan fingerprint density at radius 3 is 2.58 bits per heavy atom. The number of ether oxygens (including phenoxy) is 1. The molecule has 1 aromatic rings. The van der Waals surface area contributed by atoms with Crippen molar-refractivity contribution in [2.75, 3.05) is 7.11 Å². The van der Waals surface area contributed by atoms with Gasteiger partial charge in [-0.2, -0.15) is 0 Å². The molecule has 0 radical (unpaired) electrons. The Balaban J connectivity index is 2.69. The molecule has 0 saturated carbocycles. The van der Waals surface area contributed by atoms with Crippen LogP contribution in [0.25, 0.3) is 0 Å². The number of nitrogens with one attached hydrogen (secondary N) is 1. The van der Waals surface area contributed by atoms with Crippen molar-refractivity contribution in [3.63, 3.8) is 0 Å². The van der Waals surface area contributed by atoms with Crippen LogP contribution < -0.4 is 9.46 Å². The molecule has 5 heteroatoms. The van der Waals surface area contributed by atoms with Gasteiger partial charge >= 0.3 is 0 Å². The quantitative estimate of drug-likeness (QED) is 0.849. The molecule has 1 aromatic carbocycles. The van der Waals surface area contributed by atoms with E-state index in [4.69, 9.17) is 16.3 Å². The van der Waals surface area contributed by atoms with Crippen LogP contribution in [0, 0.1) is 0 Å². The maximum absolute atomic E-state index is 12.0. The van der Waals surface area contributed by atoms with Gasteiger partial charge in [0, 0.05) is 16.4 Å². The van der Waals surface area contributed by atoms with Crippen molar-refractivity contribution in [3.8, 4) is 5.75 Å². The Kier molecular flexibility index (Phi) is 5.99. The van der Waals surface area contributed by atoms with Crippen molar-refractivity contribution < 1.29 is 9.29 Å². The molecule has 0 amide bonds. The van der Waals surface area contributed by atoms with Gasteiger partial charge in [0.2, 0.25) is 0 Å². The smallest absolute Gasteiger partial charge is 0.136 e. The van der Waals surface area contributed by atoms with Crippen molar-refractivity contribution in [2.45, 2.75) is 44.9 Å². The topological polar surface area (TPSA) is 44.3 Å². The lowest BCUT2D eigenvalue weighted by molar-refractivity contribution is 0.407. The fourth-order valence-corrected chi connectivity index (χ4v) is 2.58. The molecule has 0 aliphatic heterocycles. The lowest BCUT2D eigenvalue weighted by Crippen LogP contribution is -2.44. The zero-order chi connectivity index (χ0) is 14.6. The van der Waals surface area contributed by atoms with Crippen LogP contribution in [-0.2, 0) is 17.8 Å². The van der Waals surface area contributed by atoms with E-state index in [9.17, 15) is 4.55 Å². The van der Waals surface area contributed by atoms with Crippen molar-refractivity contribution in [1.29, 1.82) is 0 Å². The maximum atomic E-state index is 12.0. The van der Waals surface area contributed by atoms with Gasteiger partial charge in [0.05, 0.1) is 13.2 Å². The van der Waals surface area contributed by atoms with Gasteiger partial charge in [0.15, 0.2) is 0 Å². The van der Waals surface area contributed by atoms with Crippen molar-refractivity contribution in [3.05, 3.63) is 28.8 Å². The average molecular weight is 304 g/mol. The standard InChI is InChI=1S/C14H22ClNO2S/c1-10(16-19(17)14(2,3)4)8-11-6-7-12(15)9-13(11)18-5/h6-7,9-10,16H,8H2,1-5H3. The van der Waals surface area contributed by atoms with E-state index in [1.165, 1.54) is 0 Å². The average Bonchev–Trinajstić information content (AvgIpc) is 2.30. The van der Waals surface area contributed by atoms with Gasteiger partial charge in [-0.15, -0.1) is 4.72 Å². The summed E-state index contributed by atoms with van der Waals surface area (Å²) in [6.45, 7) is 7.86. The van der Waals surface area contributed by atoms with Crippen LogP contribution >= 0.6 is 11.6 Å². The molecule has 0 heterocycles. The molecule has 0 aromatic heterocycles. The largest absolute Gasteiger partial charge is 0.598 e. The first-order chi connectivity index (χ1) is 8.74. The van der Waals surface area contributed by atoms with Gasteiger partial charge in [0.1, 0.15) is 10.5 Å². The highest BCUT2D eigenvalue weighted by atomic mass is 35.5. The van der Waals surface area contributed by atoms with E-state index in [0.29, 0.717) is 5.02 Å². The van der Waals surface area contributed by atoms with Gasteiger partial charge < -0.3 is 9.29 Å². The molecule has 2 atom stereocenters. The normalized spacial score (nSPS) is 15.1. The van der Waals surface area contributed by atoms with Gasteiger partial charge in [-0.25, -0.2) is 0 Å². The Morgan fingerprint density at radius 2 is 2.05 bits per heavy atom. The predicted octanol–water partition coefficient (Wildman–Crippen LogP) is 3.33. The van der Waals surface area contributed by atoms with Crippen LogP contribution in [-0.4, -0.2) is 22.5 Å². The molecule has 3 nitrogen and oxygen atoms in total. The summed E-state index contributed by atoms with van der Waals surface area (Å²) in [5, 5.41) is 0.652. The highest BCUT2D eigenvalue weighted by Gasteiger charge is 2.28. The van der Waals surface area contributed by atoms with E-state index in [1.807, 2.05) is 39.8 Å². The Labute approximate surface area is 124 Å². The fraction of sp³-hybridized carbons (Fsp3) is 0.571. The van der Waals surface area contributed by atoms with E-state index in [0.717, 1.165) is 17.7 Å². The lowest BCUT2D eigenvalue weighted by Gasteiger charge is -2.26. The molecule has 19 heavy (non-hydrogen) atoms. The third-order valence-corrected chi connectivity index (χ3v) is 4.60. The minimum absolute atomic E-state index is 0.0927.